The number of rotatable bonds is 10. The zero-order chi connectivity index (χ0) is 26.1. The molecule has 1 atom stereocenters. The highest BCUT2D eigenvalue weighted by atomic mass is 16.5. The molecular formula is C31H44N2O3. The number of nitrogens with zero attached hydrogens (tertiary/aromatic N) is 1. The summed E-state index contributed by atoms with van der Waals surface area (Å²) >= 11 is 0. The van der Waals surface area contributed by atoms with Crippen LogP contribution in [0.1, 0.15) is 89.3 Å². The molecule has 0 radical (unpaired) electrons. The molecule has 196 valence electrons. The standard InChI is InChI=1S/C31H44N2O3/c1-6-28(30(35)32-26-12-8-7-9-13-26)33(22-24-11-10-14-27(21-24)36-5)29(34)20-17-23-15-18-25(19-16-23)31(2,3)4/h10-11,14-16,18-19,21,26,28H,6-9,12-13,17,20,22H2,1-5H3,(H,32,35)/t28-/m1/s1. The summed E-state index contributed by atoms with van der Waals surface area (Å²) in [5, 5.41) is 3.25. The third-order valence-corrected chi connectivity index (χ3v) is 7.27. The van der Waals surface area contributed by atoms with E-state index in [0.29, 0.717) is 25.8 Å². The predicted octanol–water partition coefficient (Wildman–Crippen LogP) is 6.18. The number of benzene rings is 2. The molecule has 0 aliphatic heterocycles. The predicted molar refractivity (Wildman–Crippen MR) is 146 cm³/mol. The Hall–Kier alpha value is -2.82. The number of hydrogen-bond acceptors (Lipinski definition) is 3. The number of aryl methyl sites for hydroxylation is 1. The van der Waals surface area contributed by atoms with Crippen molar-refractivity contribution < 1.29 is 14.3 Å². The van der Waals surface area contributed by atoms with Crippen LogP contribution >= 0.6 is 0 Å². The SMILES string of the molecule is CC[C@H](C(=O)NC1CCCCC1)N(Cc1cccc(OC)c1)C(=O)CCc1ccc(C(C)(C)C)cc1. The molecule has 0 spiro atoms. The topological polar surface area (TPSA) is 58.6 Å². The Bertz CT molecular complexity index is 988. The quantitative estimate of drug-likeness (QED) is 0.431. The van der Waals surface area contributed by atoms with Gasteiger partial charge in [0, 0.05) is 19.0 Å². The average Bonchev–Trinajstić information content (AvgIpc) is 2.87. The van der Waals surface area contributed by atoms with Crippen LogP contribution in [0.3, 0.4) is 0 Å². The van der Waals surface area contributed by atoms with E-state index >= 15 is 0 Å². The Morgan fingerprint density at radius 2 is 1.72 bits per heavy atom. The molecule has 1 fully saturated rings. The maximum Gasteiger partial charge on any atom is 0.243 e. The Morgan fingerprint density at radius 3 is 2.33 bits per heavy atom. The van der Waals surface area contributed by atoms with Gasteiger partial charge in [-0.2, -0.15) is 0 Å². The lowest BCUT2D eigenvalue weighted by Gasteiger charge is -2.33. The van der Waals surface area contributed by atoms with Crippen LogP contribution in [0.15, 0.2) is 48.5 Å². The van der Waals surface area contributed by atoms with Crippen molar-refractivity contribution in [1.82, 2.24) is 10.2 Å². The van der Waals surface area contributed by atoms with Crippen molar-refractivity contribution in [2.75, 3.05) is 7.11 Å². The van der Waals surface area contributed by atoms with Crippen molar-refractivity contribution in [3.63, 3.8) is 0 Å². The van der Waals surface area contributed by atoms with Gasteiger partial charge in [0.1, 0.15) is 11.8 Å². The lowest BCUT2D eigenvalue weighted by Crippen LogP contribution is -2.51. The van der Waals surface area contributed by atoms with Crippen LogP contribution in [-0.4, -0.2) is 35.9 Å². The minimum absolute atomic E-state index is 0.00311. The molecule has 0 aromatic heterocycles. The minimum Gasteiger partial charge on any atom is -0.497 e. The second-order valence-corrected chi connectivity index (χ2v) is 11.1. The fourth-order valence-corrected chi connectivity index (χ4v) is 5.00. The van der Waals surface area contributed by atoms with Gasteiger partial charge in [0.25, 0.3) is 0 Å². The molecule has 0 heterocycles. The van der Waals surface area contributed by atoms with Gasteiger partial charge in [-0.15, -0.1) is 0 Å². The third-order valence-electron chi connectivity index (χ3n) is 7.27. The normalized spacial score (nSPS) is 15.2. The molecule has 0 saturated heterocycles. The first kappa shape index (κ1) is 27.8. The first-order valence-electron chi connectivity index (χ1n) is 13.5. The number of hydrogen-bond donors (Lipinski definition) is 1. The van der Waals surface area contributed by atoms with Crippen molar-refractivity contribution in [3.8, 4) is 5.75 Å². The molecule has 36 heavy (non-hydrogen) atoms. The van der Waals surface area contributed by atoms with Crippen LogP contribution in [0.4, 0.5) is 0 Å². The molecule has 0 unspecified atom stereocenters. The van der Waals surface area contributed by atoms with E-state index in [4.69, 9.17) is 4.74 Å². The maximum atomic E-state index is 13.6. The molecule has 2 aromatic rings. The molecule has 0 bridgehead atoms. The molecule has 2 amide bonds. The van der Waals surface area contributed by atoms with E-state index in [1.807, 2.05) is 31.2 Å². The van der Waals surface area contributed by atoms with E-state index in [-0.39, 0.29) is 23.3 Å². The van der Waals surface area contributed by atoms with Gasteiger partial charge >= 0.3 is 0 Å². The van der Waals surface area contributed by atoms with Crippen LogP contribution in [0.25, 0.3) is 0 Å². The molecule has 1 aliphatic carbocycles. The highest BCUT2D eigenvalue weighted by molar-refractivity contribution is 5.88. The van der Waals surface area contributed by atoms with Crippen LogP contribution in [-0.2, 0) is 28.0 Å². The molecule has 5 nitrogen and oxygen atoms in total. The van der Waals surface area contributed by atoms with E-state index in [0.717, 1.165) is 42.6 Å². The fourth-order valence-electron chi connectivity index (χ4n) is 5.00. The summed E-state index contributed by atoms with van der Waals surface area (Å²) in [7, 11) is 1.64. The Balaban J connectivity index is 1.75. The van der Waals surface area contributed by atoms with Crippen LogP contribution < -0.4 is 10.1 Å². The maximum absolute atomic E-state index is 13.6. The highest BCUT2D eigenvalue weighted by Gasteiger charge is 2.30. The van der Waals surface area contributed by atoms with Gasteiger partial charge in [-0.3, -0.25) is 9.59 Å². The van der Waals surface area contributed by atoms with Gasteiger partial charge in [0.05, 0.1) is 7.11 Å². The van der Waals surface area contributed by atoms with Gasteiger partial charge < -0.3 is 15.0 Å². The zero-order valence-corrected chi connectivity index (χ0v) is 22.8. The molecule has 5 heteroatoms. The minimum atomic E-state index is -0.492. The first-order valence-corrected chi connectivity index (χ1v) is 13.5. The molecular weight excluding hydrogens is 448 g/mol. The number of ether oxygens (including phenoxy) is 1. The van der Waals surface area contributed by atoms with E-state index in [1.54, 1.807) is 12.0 Å². The Labute approximate surface area is 217 Å². The molecule has 2 aromatic carbocycles. The van der Waals surface area contributed by atoms with Crippen molar-refractivity contribution in [2.24, 2.45) is 0 Å². The van der Waals surface area contributed by atoms with Crippen molar-refractivity contribution in [3.05, 3.63) is 65.2 Å². The second-order valence-electron chi connectivity index (χ2n) is 11.1. The van der Waals surface area contributed by atoms with Crippen LogP contribution in [0.2, 0.25) is 0 Å². The zero-order valence-electron chi connectivity index (χ0n) is 22.8. The Kier molecular flexibility index (Phi) is 9.98. The molecule has 1 aliphatic rings. The molecule has 1 saturated carbocycles. The fraction of sp³-hybridized carbons (Fsp3) is 0.548. The van der Waals surface area contributed by atoms with Crippen molar-refractivity contribution >= 4 is 11.8 Å². The lowest BCUT2D eigenvalue weighted by atomic mass is 9.86. The summed E-state index contributed by atoms with van der Waals surface area (Å²) in [5.74, 6) is 0.720. The third kappa shape index (κ3) is 7.84. The van der Waals surface area contributed by atoms with E-state index in [2.05, 4.69) is 50.4 Å². The number of nitrogens with one attached hydrogen (secondary N) is 1. The first-order chi connectivity index (χ1) is 17.2. The van der Waals surface area contributed by atoms with Gasteiger partial charge in [-0.25, -0.2) is 0 Å². The van der Waals surface area contributed by atoms with Gasteiger partial charge in [0.2, 0.25) is 11.8 Å². The Morgan fingerprint density at radius 1 is 1.03 bits per heavy atom. The van der Waals surface area contributed by atoms with Crippen molar-refractivity contribution in [2.45, 2.75) is 103 Å². The number of methoxy groups -OCH3 is 1. The summed E-state index contributed by atoms with van der Waals surface area (Å²) in [4.78, 5) is 28.8. The van der Waals surface area contributed by atoms with Gasteiger partial charge in [-0.05, 0) is 59.9 Å². The van der Waals surface area contributed by atoms with Gasteiger partial charge in [0.15, 0.2) is 0 Å². The summed E-state index contributed by atoms with van der Waals surface area (Å²) in [5.41, 5.74) is 3.48. The summed E-state index contributed by atoms with van der Waals surface area (Å²) < 4.78 is 5.39. The number of amides is 2. The summed E-state index contributed by atoms with van der Waals surface area (Å²) in [6, 6.07) is 16.0. The molecule has 1 N–H and O–H groups in total. The summed E-state index contributed by atoms with van der Waals surface area (Å²) in [6.45, 7) is 8.97. The van der Waals surface area contributed by atoms with E-state index in [1.165, 1.54) is 12.0 Å². The molecule has 3 rings (SSSR count). The largest absolute Gasteiger partial charge is 0.497 e. The highest BCUT2D eigenvalue weighted by Crippen LogP contribution is 2.24. The number of carbonyl (C=O) groups is 2. The van der Waals surface area contributed by atoms with Crippen LogP contribution in [0.5, 0.6) is 5.75 Å². The average molecular weight is 493 g/mol. The number of carbonyl (C=O) groups excluding carboxylic acids is 2. The van der Waals surface area contributed by atoms with Crippen molar-refractivity contribution in [1.29, 1.82) is 0 Å². The second kappa shape index (κ2) is 12.9. The van der Waals surface area contributed by atoms with E-state index < -0.39 is 6.04 Å². The smallest absolute Gasteiger partial charge is 0.243 e. The van der Waals surface area contributed by atoms with Crippen LogP contribution in [0, 0.1) is 0 Å². The monoisotopic (exact) mass is 492 g/mol. The lowest BCUT2D eigenvalue weighted by molar-refractivity contribution is -0.141. The summed E-state index contributed by atoms with van der Waals surface area (Å²) in [6.07, 6.45) is 7.19. The van der Waals surface area contributed by atoms with E-state index in [9.17, 15) is 9.59 Å². The van der Waals surface area contributed by atoms with Gasteiger partial charge in [-0.1, -0.05) is 83.4 Å².